The molecule has 1 aliphatic rings. The van der Waals surface area contributed by atoms with Crippen molar-refractivity contribution in [2.75, 3.05) is 6.61 Å². The van der Waals surface area contributed by atoms with Gasteiger partial charge in [-0.2, -0.15) is 0 Å². The SMILES string of the molecule is C=CCOc1c(Br)cc(/C=C2/SC(=O)N(Cc3ccc(F)cc3)C2=O)cc1Br. The van der Waals surface area contributed by atoms with Gasteiger partial charge in [0.2, 0.25) is 0 Å². The molecule has 3 rings (SSSR count). The van der Waals surface area contributed by atoms with Crippen LogP contribution in [0.15, 0.2) is 62.9 Å². The number of rotatable bonds is 6. The molecule has 1 fully saturated rings. The van der Waals surface area contributed by atoms with Crippen LogP contribution in [0.1, 0.15) is 11.1 Å². The third-order valence-electron chi connectivity index (χ3n) is 3.79. The van der Waals surface area contributed by atoms with Crippen LogP contribution < -0.4 is 4.74 Å². The van der Waals surface area contributed by atoms with Gasteiger partial charge in [0.25, 0.3) is 11.1 Å². The molecule has 1 heterocycles. The second-order valence-corrected chi connectivity index (χ2v) is 8.51. The van der Waals surface area contributed by atoms with Crippen molar-refractivity contribution in [3.63, 3.8) is 0 Å². The highest BCUT2D eigenvalue weighted by Gasteiger charge is 2.35. The molecule has 0 N–H and O–H groups in total. The fraction of sp³-hybridized carbons (Fsp3) is 0.100. The number of halogens is 3. The van der Waals surface area contributed by atoms with Crippen LogP contribution in [0.2, 0.25) is 0 Å². The summed E-state index contributed by atoms with van der Waals surface area (Å²) >= 11 is 7.77. The number of imide groups is 1. The molecule has 1 aliphatic heterocycles. The average Bonchev–Trinajstić information content (AvgIpc) is 2.90. The molecule has 0 spiro atoms. The first-order chi connectivity index (χ1) is 13.4. The fourth-order valence-electron chi connectivity index (χ4n) is 2.50. The molecule has 0 aromatic heterocycles. The Balaban J connectivity index is 1.81. The third-order valence-corrected chi connectivity index (χ3v) is 5.88. The summed E-state index contributed by atoms with van der Waals surface area (Å²) in [5.74, 6) is -0.116. The lowest BCUT2D eigenvalue weighted by molar-refractivity contribution is -0.123. The van der Waals surface area contributed by atoms with E-state index in [1.165, 1.54) is 12.1 Å². The van der Waals surface area contributed by atoms with E-state index < -0.39 is 0 Å². The van der Waals surface area contributed by atoms with Gasteiger partial charge < -0.3 is 4.74 Å². The molecule has 4 nitrogen and oxygen atoms in total. The fourth-order valence-corrected chi connectivity index (χ4v) is 4.79. The summed E-state index contributed by atoms with van der Waals surface area (Å²) in [6, 6.07) is 9.32. The number of hydrogen-bond donors (Lipinski definition) is 0. The van der Waals surface area contributed by atoms with E-state index in [2.05, 4.69) is 38.4 Å². The van der Waals surface area contributed by atoms with E-state index in [1.54, 1.807) is 36.4 Å². The molecular formula is C20H14Br2FNO3S. The second-order valence-electron chi connectivity index (χ2n) is 5.81. The molecule has 8 heteroatoms. The number of hydrogen-bond acceptors (Lipinski definition) is 4. The first kappa shape index (κ1) is 20.8. The Labute approximate surface area is 182 Å². The first-order valence-electron chi connectivity index (χ1n) is 8.11. The first-order valence-corrected chi connectivity index (χ1v) is 10.5. The zero-order valence-corrected chi connectivity index (χ0v) is 18.4. The van der Waals surface area contributed by atoms with Crippen molar-refractivity contribution in [2.24, 2.45) is 0 Å². The van der Waals surface area contributed by atoms with Gasteiger partial charge in [-0.3, -0.25) is 14.5 Å². The van der Waals surface area contributed by atoms with Crippen LogP contribution in [0.5, 0.6) is 5.75 Å². The zero-order chi connectivity index (χ0) is 20.3. The molecular weight excluding hydrogens is 513 g/mol. The van der Waals surface area contributed by atoms with Crippen LogP contribution in [-0.4, -0.2) is 22.7 Å². The summed E-state index contributed by atoms with van der Waals surface area (Å²) in [5, 5.41) is -0.357. The maximum atomic E-state index is 13.0. The number of carbonyl (C=O) groups is 2. The molecule has 144 valence electrons. The number of ether oxygens (including phenoxy) is 1. The van der Waals surface area contributed by atoms with Crippen LogP contribution in [0.4, 0.5) is 9.18 Å². The minimum Gasteiger partial charge on any atom is -0.487 e. The maximum absolute atomic E-state index is 13.0. The predicted octanol–water partition coefficient (Wildman–Crippen LogP) is 6.15. The van der Waals surface area contributed by atoms with Crippen molar-refractivity contribution < 1.29 is 18.7 Å². The number of benzene rings is 2. The van der Waals surface area contributed by atoms with Crippen molar-refractivity contribution in [1.82, 2.24) is 4.90 Å². The van der Waals surface area contributed by atoms with Crippen molar-refractivity contribution in [2.45, 2.75) is 6.54 Å². The van der Waals surface area contributed by atoms with Gasteiger partial charge in [0.15, 0.2) is 0 Å². The van der Waals surface area contributed by atoms with Gasteiger partial charge in [-0.15, -0.1) is 0 Å². The van der Waals surface area contributed by atoms with Gasteiger partial charge >= 0.3 is 0 Å². The van der Waals surface area contributed by atoms with Crippen molar-refractivity contribution in [3.8, 4) is 5.75 Å². The van der Waals surface area contributed by atoms with Crippen molar-refractivity contribution in [3.05, 3.63) is 79.8 Å². The van der Waals surface area contributed by atoms with Gasteiger partial charge in [-0.1, -0.05) is 24.8 Å². The van der Waals surface area contributed by atoms with E-state index >= 15 is 0 Å². The van der Waals surface area contributed by atoms with E-state index in [9.17, 15) is 14.0 Å². The zero-order valence-electron chi connectivity index (χ0n) is 14.5. The Morgan fingerprint density at radius 3 is 2.39 bits per heavy atom. The largest absolute Gasteiger partial charge is 0.487 e. The van der Waals surface area contributed by atoms with Crippen molar-refractivity contribution >= 4 is 60.8 Å². The normalized spacial score (nSPS) is 15.4. The van der Waals surface area contributed by atoms with Gasteiger partial charge in [0.05, 0.1) is 20.4 Å². The highest BCUT2D eigenvalue weighted by Crippen LogP contribution is 2.38. The summed E-state index contributed by atoms with van der Waals surface area (Å²) in [4.78, 5) is 26.4. The molecule has 28 heavy (non-hydrogen) atoms. The smallest absolute Gasteiger partial charge is 0.293 e. The third kappa shape index (κ3) is 4.74. The van der Waals surface area contributed by atoms with Crippen LogP contribution >= 0.6 is 43.6 Å². The number of amides is 2. The lowest BCUT2D eigenvalue weighted by Gasteiger charge is -2.12. The standard InChI is InChI=1S/C20H14Br2FNO3S/c1-2-7-27-18-15(21)8-13(9-16(18)22)10-17-19(25)24(20(26)28-17)11-12-3-5-14(23)6-4-12/h2-6,8-10H,1,7,11H2/b17-10+. The molecule has 2 amide bonds. The molecule has 1 saturated heterocycles. The lowest BCUT2D eigenvalue weighted by atomic mass is 10.2. The predicted molar refractivity (Wildman–Crippen MR) is 115 cm³/mol. The van der Waals surface area contributed by atoms with Gasteiger partial charge in [0, 0.05) is 0 Å². The minimum absolute atomic E-state index is 0.101. The monoisotopic (exact) mass is 525 g/mol. The van der Waals surface area contributed by atoms with Gasteiger partial charge in [-0.25, -0.2) is 4.39 Å². The molecule has 0 bridgehead atoms. The highest BCUT2D eigenvalue weighted by atomic mass is 79.9. The Bertz CT molecular complexity index is 953. The summed E-state index contributed by atoms with van der Waals surface area (Å²) in [6.45, 7) is 4.08. The minimum atomic E-state index is -0.376. The molecule has 2 aromatic rings. The van der Waals surface area contributed by atoms with Crippen molar-refractivity contribution in [1.29, 1.82) is 0 Å². The Kier molecular flexibility index (Phi) is 6.74. The molecule has 0 saturated carbocycles. The number of nitrogens with zero attached hydrogens (tertiary/aromatic N) is 1. The van der Waals surface area contributed by atoms with Crippen LogP contribution in [-0.2, 0) is 11.3 Å². The van der Waals surface area contributed by atoms with Crippen LogP contribution in [0.25, 0.3) is 6.08 Å². The summed E-state index contributed by atoms with van der Waals surface area (Å²) in [5.41, 5.74) is 1.41. The van der Waals surface area contributed by atoms with E-state index in [-0.39, 0.29) is 23.5 Å². The Hall–Kier alpha value is -1.90. The molecule has 0 unspecified atom stereocenters. The van der Waals surface area contributed by atoms with Gasteiger partial charge in [-0.05, 0) is 85.1 Å². The molecule has 0 aliphatic carbocycles. The van der Waals surface area contributed by atoms with Crippen LogP contribution in [0.3, 0.4) is 0 Å². The Morgan fingerprint density at radius 2 is 1.79 bits per heavy atom. The number of carbonyl (C=O) groups excluding carboxylic acids is 2. The summed E-state index contributed by atoms with van der Waals surface area (Å²) in [6.07, 6.45) is 3.30. The van der Waals surface area contributed by atoms with E-state index in [1.807, 2.05) is 0 Å². The maximum Gasteiger partial charge on any atom is 0.293 e. The summed E-state index contributed by atoms with van der Waals surface area (Å²) in [7, 11) is 0. The summed E-state index contributed by atoms with van der Waals surface area (Å²) < 4.78 is 20.0. The van der Waals surface area contributed by atoms with E-state index in [4.69, 9.17) is 4.74 Å². The highest BCUT2D eigenvalue weighted by molar-refractivity contribution is 9.11. The Morgan fingerprint density at radius 1 is 1.14 bits per heavy atom. The lowest BCUT2D eigenvalue weighted by Crippen LogP contribution is -2.27. The molecule has 0 atom stereocenters. The topological polar surface area (TPSA) is 46.6 Å². The van der Waals surface area contributed by atoms with Crippen LogP contribution in [0, 0.1) is 5.82 Å². The quantitative estimate of drug-likeness (QED) is 0.334. The van der Waals surface area contributed by atoms with E-state index in [0.29, 0.717) is 31.8 Å². The molecule has 0 radical (unpaired) electrons. The second kappa shape index (κ2) is 9.07. The average molecular weight is 527 g/mol. The van der Waals surface area contributed by atoms with Gasteiger partial charge in [0.1, 0.15) is 18.2 Å². The van der Waals surface area contributed by atoms with E-state index in [0.717, 1.165) is 22.2 Å². The number of thioether (sulfide) groups is 1. The molecule has 2 aromatic carbocycles.